The van der Waals surface area contributed by atoms with Crippen LogP contribution >= 0.6 is 43.5 Å². The Kier molecular flexibility index (Phi) is 6.40. The van der Waals surface area contributed by atoms with Crippen LogP contribution in [0.3, 0.4) is 0 Å². The first-order chi connectivity index (χ1) is 9.70. The van der Waals surface area contributed by atoms with Gasteiger partial charge in [0, 0.05) is 5.88 Å². The van der Waals surface area contributed by atoms with Crippen LogP contribution in [-0.4, -0.2) is 6.61 Å². The zero-order valence-corrected chi connectivity index (χ0v) is 14.8. The van der Waals surface area contributed by atoms with E-state index in [4.69, 9.17) is 16.3 Å². The summed E-state index contributed by atoms with van der Waals surface area (Å²) in [5.74, 6) is 1.33. The Morgan fingerprint density at radius 1 is 0.950 bits per heavy atom. The molecule has 0 aromatic heterocycles. The first kappa shape index (κ1) is 15.9. The monoisotopic (exact) mass is 416 g/mol. The lowest BCUT2D eigenvalue weighted by Crippen LogP contribution is -2.01. The van der Waals surface area contributed by atoms with Crippen LogP contribution in [0.4, 0.5) is 0 Å². The summed E-state index contributed by atoms with van der Waals surface area (Å²) >= 11 is 12.9. The first-order valence-electron chi connectivity index (χ1n) is 6.41. The lowest BCUT2D eigenvalue weighted by atomic mass is 10.1. The maximum absolute atomic E-state index is 5.85. The van der Waals surface area contributed by atoms with Crippen molar-refractivity contribution in [3.05, 3.63) is 62.5 Å². The predicted molar refractivity (Wildman–Crippen MR) is 91.7 cm³/mol. The molecule has 106 valence electrons. The molecule has 0 heterocycles. The van der Waals surface area contributed by atoms with E-state index in [2.05, 4.69) is 56.1 Å². The zero-order valence-electron chi connectivity index (χ0n) is 10.9. The first-order valence-corrected chi connectivity index (χ1v) is 8.53. The summed E-state index contributed by atoms with van der Waals surface area (Å²) in [6.07, 6.45) is 2.01. The van der Waals surface area contributed by atoms with E-state index in [1.54, 1.807) is 0 Å². The summed E-state index contributed by atoms with van der Waals surface area (Å²) in [5, 5.41) is 0. The SMILES string of the molecule is ClCc1cc(Br)c(OCCCc2ccccc2)c(Br)c1. The molecule has 20 heavy (non-hydrogen) atoms. The highest BCUT2D eigenvalue weighted by molar-refractivity contribution is 9.11. The molecule has 0 amide bonds. The largest absolute Gasteiger partial charge is 0.491 e. The van der Waals surface area contributed by atoms with Gasteiger partial charge in [-0.15, -0.1) is 11.6 Å². The summed E-state index contributed by atoms with van der Waals surface area (Å²) in [4.78, 5) is 0. The molecule has 0 spiro atoms. The predicted octanol–water partition coefficient (Wildman–Crippen LogP) is 5.96. The van der Waals surface area contributed by atoms with Gasteiger partial charge in [0.25, 0.3) is 0 Å². The Morgan fingerprint density at radius 2 is 1.60 bits per heavy atom. The summed E-state index contributed by atoms with van der Waals surface area (Å²) in [5.41, 5.74) is 2.40. The van der Waals surface area contributed by atoms with Crippen LogP contribution in [0.1, 0.15) is 17.5 Å². The number of ether oxygens (including phenoxy) is 1. The van der Waals surface area contributed by atoms with E-state index in [0.717, 1.165) is 33.1 Å². The molecular formula is C16H15Br2ClO. The average molecular weight is 419 g/mol. The van der Waals surface area contributed by atoms with Crippen molar-refractivity contribution in [3.8, 4) is 5.75 Å². The molecule has 0 aliphatic carbocycles. The number of halogens is 3. The van der Waals surface area contributed by atoms with Gasteiger partial charge < -0.3 is 4.74 Å². The summed E-state index contributed by atoms with van der Waals surface area (Å²) in [6.45, 7) is 0.687. The third-order valence-electron chi connectivity index (χ3n) is 2.91. The van der Waals surface area contributed by atoms with Gasteiger partial charge in [0.15, 0.2) is 0 Å². The van der Waals surface area contributed by atoms with Crippen molar-refractivity contribution in [1.82, 2.24) is 0 Å². The molecule has 0 N–H and O–H groups in total. The second-order valence-corrected chi connectivity index (χ2v) is 6.44. The molecular weight excluding hydrogens is 403 g/mol. The van der Waals surface area contributed by atoms with Crippen LogP contribution in [0.25, 0.3) is 0 Å². The van der Waals surface area contributed by atoms with E-state index in [1.165, 1.54) is 5.56 Å². The third-order valence-corrected chi connectivity index (χ3v) is 4.40. The van der Waals surface area contributed by atoms with Gasteiger partial charge in [-0.1, -0.05) is 30.3 Å². The van der Waals surface area contributed by atoms with Crippen molar-refractivity contribution >= 4 is 43.5 Å². The molecule has 2 aromatic carbocycles. The van der Waals surface area contributed by atoms with Gasteiger partial charge in [0.1, 0.15) is 5.75 Å². The minimum absolute atomic E-state index is 0.492. The van der Waals surface area contributed by atoms with Crippen LogP contribution in [0.15, 0.2) is 51.4 Å². The second kappa shape index (κ2) is 8.06. The van der Waals surface area contributed by atoms with Crippen molar-refractivity contribution in [2.75, 3.05) is 6.61 Å². The maximum Gasteiger partial charge on any atom is 0.147 e. The van der Waals surface area contributed by atoms with Gasteiger partial charge in [-0.3, -0.25) is 0 Å². The van der Waals surface area contributed by atoms with Crippen LogP contribution in [-0.2, 0) is 12.3 Å². The molecule has 2 rings (SSSR count). The van der Waals surface area contributed by atoms with Gasteiger partial charge in [-0.05, 0) is 68.0 Å². The minimum Gasteiger partial charge on any atom is -0.491 e. The second-order valence-electron chi connectivity index (χ2n) is 4.46. The standard InChI is InChI=1S/C16H15Br2ClO/c17-14-9-13(11-19)10-15(18)16(14)20-8-4-7-12-5-2-1-3-6-12/h1-3,5-6,9-10H,4,7-8,11H2. The smallest absolute Gasteiger partial charge is 0.147 e. The Balaban J connectivity index is 1.88. The fraction of sp³-hybridized carbons (Fsp3) is 0.250. The van der Waals surface area contributed by atoms with E-state index in [0.29, 0.717) is 12.5 Å². The zero-order chi connectivity index (χ0) is 14.4. The fourth-order valence-electron chi connectivity index (χ4n) is 1.92. The molecule has 0 aliphatic heterocycles. The fourth-order valence-corrected chi connectivity index (χ4v) is 3.59. The highest BCUT2D eigenvalue weighted by Gasteiger charge is 2.08. The van der Waals surface area contributed by atoms with Crippen LogP contribution in [0.5, 0.6) is 5.75 Å². The highest BCUT2D eigenvalue weighted by Crippen LogP contribution is 2.35. The van der Waals surface area contributed by atoms with Gasteiger partial charge in [-0.25, -0.2) is 0 Å². The number of rotatable bonds is 6. The van der Waals surface area contributed by atoms with Crippen molar-refractivity contribution < 1.29 is 4.74 Å². The maximum atomic E-state index is 5.85. The highest BCUT2D eigenvalue weighted by atomic mass is 79.9. The molecule has 0 bridgehead atoms. The average Bonchev–Trinajstić information content (AvgIpc) is 2.46. The van der Waals surface area contributed by atoms with E-state index < -0.39 is 0 Å². The van der Waals surface area contributed by atoms with Crippen molar-refractivity contribution in [1.29, 1.82) is 0 Å². The van der Waals surface area contributed by atoms with Gasteiger partial charge in [-0.2, -0.15) is 0 Å². The van der Waals surface area contributed by atoms with Crippen LogP contribution < -0.4 is 4.74 Å². The number of benzene rings is 2. The summed E-state index contributed by atoms with van der Waals surface area (Å²) in [6, 6.07) is 14.4. The Hall–Kier alpha value is -0.510. The minimum atomic E-state index is 0.492. The number of hydrogen-bond donors (Lipinski definition) is 0. The lowest BCUT2D eigenvalue weighted by molar-refractivity contribution is 0.307. The normalized spacial score (nSPS) is 10.6. The molecule has 0 unspecified atom stereocenters. The number of alkyl halides is 1. The van der Waals surface area contributed by atoms with E-state index in [-0.39, 0.29) is 0 Å². The number of aryl methyl sites for hydroxylation is 1. The molecule has 0 fully saturated rings. The lowest BCUT2D eigenvalue weighted by Gasteiger charge is -2.11. The molecule has 0 saturated heterocycles. The summed E-state index contributed by atoms with van der Waals surface area (Å²) < 4.78 is 7.72. The molecule has 0 saturated carbocycles. The Labute approximate surface area is 141 Å². The quantitative estimate of drug-likeness (QED) is 0.415. The molecule has 1 nitrogen and oxygen atoms in total. The number of hydrogen-bond acceptors (Lipinski definition) is 1. The van der Waals surface area contributed by atoms with Crippen molar-refractivity contribution in [2.45, 2.75) is 18.7 Å². The summed E-state index contributed by atoms with van der Waals surface area (Å²) in [7, 11) is 0. The van der Waals surface area contributed by atoms with Crippen LogP contribution in [0, 0.1) is 0 Å². The molecule has 0 radical (unpaired) electrons. The topological polar surface area (TPSA) is 9.23 Å². The van der Waals surface area contributed by atoms with Crippen LogP contribution in [0.2, 0.25) is 0 Å². The van der Waals surface area contributed by atoms with E-state index in [1.807, 2.05) is 18.2 Å². The molecule has 2 aromatic rings. The van der Waals surface area contributed by atoms with Crippen molar-refractivity contribution in [3.63, 3.8) is 0 Å². The molecule has 0 aliphatic rings. The van der Waals surface area contributed by atoms with Gasteiger partial charge >= 0.3 is 0 Å². The molecule has 4 heteroatoms. The molecule has 0 atom stereocenters. The van der Waals surface area contributed by atoms with Crippen molar-refractivity contribution in [2.24, 2.45) is 0 Å². The van der Waals surface area contributed by atoms with Gasteiger partial charge in [0.2, 0.25) is 0 Å². The van der Waals surface area contributed by atoms with E-state index in [9.17, 15) is 0 Å². The third kappa shape index (κ3) is 4.51. The van der Waals surface area contributed by atoms with E-state index >= 15 is 0 Å². The van der Waals surface area contributed by atoms with Gasteiger partial charge in [0.05, 0.1) is 15.6 Å². The Morgan fingerprint density at radius 3 is 2.20 bits per heavy atom. The Bertz CT molecular complexity index is 535.